The summed E-state index contributed by atoms with van der Waals surface area (Å²) in [5.41, 5.74) is 2.62. The standard InChI is InChI=1S/C17H26N2O2/c1-14(2)13-21-17(20)19-10-8-18(9-11-19)12-16-6-4-15(3)5-7-16/h4-7,14H,8-13H2,1-3H3. The summed E-state index contributed by atoms with van der Waals surface area (Å²) in [5, 5.41) is 0. The minimum atomic E-state index is -0.168. The predicted molar refractivity (Wildman–Crippen MR) is 84.2 cm³/mol. The van der Waals surface area contributed by atoms with E-state index in [1.807, 2.05) is 18.7 Å². The molecule has 2 rings (SSSR count). The van der Waals surface area contributed by atoms with Crippen LogP contribution >= 0.6 is 0 Å². The molecule has 21 heavy (non-hydrogen) atoms. The van der Waals surface area contributed by atoms with Crippen molar-refractivity contribution in [2.24, 2.45) is 5.92 Å². The van der Waals surface area contributed by atoms with Crippen molar-refractivity contribution in [3.05, 3.63) is 35.4 Å². The number of rotatable bonds is 4. The molecule has 4 heteroatoms. The fourth-order valence-electron chi connectivity index (χ4n) is 2.37. The van der Waals surface area contributed by atoms with Gasteiger partial charge in [-0.25, -0.2) is 4.79 Å². The van der Waals surface area contributed by atoms with Gasteiger partial charge < -0.3 is 9.64 Å². The van der Waals surface area contributed by atoms with Gasteiger partial charge in [0.25, 0.3) is 0 Å². The van der Waals surface area contributed by atoms with Crippen LogP contribution in [0.15, 0.2) is 24.3 Å². The highest BCUT2D eigenvalue weighted by atomic mass is 16.6. The average Bonchev–Trinajstić information content (AvgIpc) is 2.48. The van der Waals surface area contributed by atoms with E-state index < -0.39 is 0 Å². The Balaban J connectivity index is 1.75. The van der Waals surface area contributed by atoms with E-state index in [1.54, 1.807) is 0 Å². The fraction of sp³-hybridized carbons (Fsp3) is 0.588. The van der Waals surface area contributed by atoms with Crippen molar-refractivity contribution in [1.29, 1.82) is 0 Å². The van der Waals surface area contributed by atoms with Gasteiger partial charge in [-0.15, -0.1) is 0 Å². The number of nitrogens with zero attached hydrogens (tertiary/aromatic N) is 2. The highest BCUT2D eigenvalue weighted by molar-refractivity contribution is 5.67. The summed E-state index contributed by atoms with van der Waals surface area (Å²) in [7, 11) is 0. The van der Waals surface area contributed by atoms with Gasteiger partial charge in [-0.05, 0) is 18.4 Å². The van der Waals surface area contributed by atoms with E-state index in [0.717, 1.165) is 32.7 Å². The van der Waals surface area contributed by atoms with E-state index in [4.69, 9.17) is 4.74 Å². The molecule has 1 heterocycles. The molecule has 0 aromatic heterocycles. The molecule has 0 N–H and O–H groups in total. The van der Waals surface area contributed by atoms with Gasteiger partial charge in [-0.2, -0.15) is 0 Å². The van der Waals surface area contributed by atoms with Crippen LogP contribution in [0.1, 0.15) is 25.0 Å². The van der Waals surface area contributed by atoms with Crippen molar-refractivity contribution in [1.82, 2.24) is 9.80 Å². The van der Waals surface area contributed by atoms with E-state index in [1.165, 1.54) is 11.1 Å². The maximum absolute atomic E-state index is 11.9. The second-order valence-corrected chi connectivity index (χ2v) is 6.22. The molecule has 0 unspecified atom stereocenters. The first-order valence-corrected chi connectivity index (χ1v) is 7.74. The van der Waals surface area contributed by atoms with Gasteiger partial charge in [-0.1, -0.05) is 43.7 Å². The highest BCUT2D eigenvalue weighted by Gasteiger charge is 2.22. The first-order valence-electron chi connectivity index (χ1n) is 7.74. The third-order valence-electron chi connectivity index (χ3n) is 3.70. The van der Waals surface area contributed by atoms with Crippen LogP contribution in [-0.4, -0.2) is 48.7 Å². The summed E-state index contributed by atoms with van der Waals surface area (Å²) in [4.78, 5) is 16.1. The van der Waals surface area contributed by atoms with Gasteiger partial charge in [0.05, 0.1) is 6.61 Å². The van der Waals surface area contributed by atoms with Gasteiger partial charge in [0.2, 0.25) is 0 Å². The Morgan fingerprint density at radius 2 is 1.76 bits per heavy atom. The molecule has 1 aromatic rings. The number of ether oxygens (including phenoxy) is 1. The van der Waals surface area contributed by atoms with Crippen LogP contribution in [0.4, 0.5) is 4.79 Å². The molecule has 0 spiro atoms. The molecule has 1 aliphatic heterocycles. The predicted octanol–water partition coefficient (Wildman–Crippen LogP) is 2.91. The van der Waals surface area contributed by atoms with Gasteiger partial charge in [0.15, 0.2) is 0 Å². The summed E-state index contributed by atoms with van der Waals surface area (Å²) in [5.74, 6) is 0.386. The Hall–Kier alpha value is -1.55. The molecule has 0 radical (unpaired) electrons. The highest BCUT2D eigenvalue weighted by Crippen LogP contribution is 2.10. The quantitative estimate of drug-likeness (QED) is 0.855. The lowest BCUT2D eigenvalue weighted by molar-refractivity contribution is 0.0676. The lowest BCUT2D eigenvalue weighted by atomic mass is 10.1. The largest absolute Gasteiger partial charge is 0.449 e. The molecule has 0 atom stereocenters. The summed E-state index contributed by atoms with van der Waals surface area (Å²) in [6.45, 7) is 11.0. The maximum atomic E-state index is 11.9. The zero-order valence-corrected chi connectivity index (χ0v) is 13.3. The number of carbonyl (C=O) groups excluding carboxylic acids is 1. The monoisotopic (exact) mass is 290 g/mol. The number of amides is 1. The van der Waals surface area contributed by atoms with Crippen molar-refractivity contribution in [3.8, 4) is 0 Å². The maximum Gasteiger partial charge on any atom is 0.409 e. The third-order valence-corrected chi connectivity index (χ3v) is 3.70. The second-order valence-electron chi connectivity index (χ2n) is 6.22. The fourth-order valence-corrected chi connectivity index (χ4v) is 2.37. The smallest absolute Gasteiger partial charge is 0.409 e. The van der Waals surface area contributed by atoms with E-state index in [-0.39, 0.29) is 6.09 Å². The number of piperazine rings is 1. The van der Waals surface area contributed by atoms with Crippen LogP contribution in [0.2, 0.25) is 0 Å². The van der Waals surface area contributed by atoms with Crippen LogP contribution in [0.5, 0.6) is 0 Å². The zero-order valence-electron chi connectivity index (χ0n) is 13.3. The minimum absolute atomic E-state index is 0.168. The van der Waals surface area contributed by atoms with Gasteiger partial charge in [0, 0.05) is 32.7 Å². The van der Waals surface area contributed by atoms with E-state index >= 15 is 0 Å². The molecule has 0 aliphatic carbocycles. The number of hydrogen-bond donors (Lipinski definition) is 0. The molecule has 1 aromatic carbocycles. The van der Waals surface area contributed by atoms with Crippen LogP contribution < -0.4 is 0 Å². The first-order chi connectivity index (χ1) is 10.0. The van der Waals surface area contributed by atoms with Crippen molar-refractivity contribution >= 4 is 6.09 Å². The molecule has 4 nitrogen and oxygen atoms in total. The molecule has 1 amide bonds. The average molecular weight is 290 g/mol. The van der Waals surface area contributed by atoms with Crippen molar-refractivity contribution in [2.75, 3.05) is 32.8 Å². The minimum Gasteiger partial charge on any atom is -0.449 e. The van der Waals surface area contributed by atoms with E-state index in [9.17, 15) is 4.79 Å². The molecule has 0 saturated carbocycles. The summed E-state index contributed by atoms with van der Waals surface area (Å²) >= 11 is 0. The molecule has 1 aliphatic rings. The van der Waals surface area contributed by atoms with Crippen LogP contribution in [0.3, 0.4) is 0 Å². The van der Waals surface area contributed by atoms with Gasteiger partial charge in [0.1, 0.15) is 0 Å². The summed E-state index contributed by atoms with van der Waals surface area (Å²) < 4.78 is 5.28. The van der Waals surface area contributed by atoms with E-state index in [0.29, 0.717) is 12.5 Å². The number of carbonyl (C=O) groups is 1. The Morgan fingerprint density at radius 1 is 1.14 bits per heavy atom. The van der Waals surface area contributed by atoms with Crippen LogP contribution in [0.25, 0.3) is 0 Å². The second kappa shape index (κ2) is 7.46. The first kappa shape index (κ1) is 15.8. The SMILES string of the molecule is Cc1ccc(CN2CCN(C(=O)OCC(C)C)CC2)cc1. The normalized spacial score (nSPS) is 16.3. The Morgan fingerprint density at radius 3 is 2.33 bits per heavy atom. The van der Waals surface area contributed by atoms with Crippen LogP contribution in [0, 0.1) is 12.8 Å². The Labute approximate surface area is 127 Å². The Bertz CT molecular complexity index is 448. The molecule has 116 valence electrons. The Kier molecular flexibility index (Phi) is 5.62. The summed E-state index contributed by atoms with van der Waals surface area (Å²) in [6, 6.07) is 8.65. The van der Waals surface area contributed by atoms with Crippen molar-refractivity contribution in [3.63, 3.8) is 0 Å². The zero-order chi connectivity index (χ0) is 15.2. The summed E-state index contributed by atoms with van der Waals surface area (Å²) in [6.07, 6.45) is -0.168. The molecular formula is C17H26N2O2. The lowest BCUT2D eigenvalue weighted by Gasteiger charge is -2.34. The van der Waals surface area contributed by atoms with Gasteiger partial charge in [-0.3, -0.25) is 4.90 Å². The van der Waals surface area contributed by atoms with Crippen molar-refractivity contribution < 1.29 is 9.53 Å². The van der Waals surface area contributed by atoms with Crippen LogP contribution in [-0.2, 0) is 11.3 Å². The molecule has 1 saturated heterocycles. The number of benzene rings is 1. The third kappa shape index (κ3) is 5.05. The topological polar surface area (TPSA) is 32.8 Å². The van der Waals surface area contributed by atoms with E-state index in [2.05, 4.69) is 36.1 Å². The lowest BCUT2D eigenvalue weighted by Crippen LogP contribution is -2.48. The van der Waals surface area contributed by atoms with Gasteiger partial charge >= 0.3 is 6.09 Å². The molecule has 1 fully saturated rings. The molecule has 0 bridgehead atoms. The number of hydrogen-bond acceptors (Lipinski definition) is 3. The van der Waals surface area contributed by atoms with Crippen molar-refractivity contribution in [2.45, 2.75) is 27.3 Å². The number of aryl methyl sites for hydroxylation is 1. The molecular weight excluding hydrogens is 264 g/mol.